The summed E-state index contributed by atoms with van der Waals surface area (Å²) in [6, 6.07) is 37.3. The first kappa shape index (κ1) is 27.8. The van der Waals surface area contributed by atoms with Gasteiger partial charge in [0, 0.05) is 10.8 Å². The van der Waals surface area contributed by atoms with Crippen molar-refractivity contribution in [1.82, 2.24) is 0 Å². The highest BCUT2D eigenvalue weighted by Crippen LogP contribution is 2.41. The molecule has 5 aromatic carbocycles. The van der Waals surface area contributed by atoms with Crippen molar-refractivity contribution in [3.8, 4) is 34.5 Å². The standard InChI is InChI=1S/C34H32O7/c35-25(21-37-27-11-4-1-5-12-27)23-39-32-18-10-17-31-30(32)19-20-33(41-29-15-8-3-9-16-29)34(31)40-24-26(36)22-38-28-13-6-2-7-14-28/h1-20,25-26,35-36H,21-24H2. The molecular formula is C34H32O7. The summed E-state index contributed by atoms with van der Waals surface area (Å²) in [5, 5.41) is 22.6. The van der Waals surface area contributed by atoms with E-state index >= 15 is 0 Å². The summed E-state index contributed by atoms with van der Waals surface area (Å²) in [5.41, 5.74) is 0. The molecule has 0 saturated heterocycles. The Morgan fingerprint density at radius 2 is 0.927 bits per heavy atom. The number of aliphatic hydroxyl groups excluding tert-OH is 2. The van der Waals surface area contributed by atoms with Crippen LogP contribution in [0.5, 0.6) is 34.5 Å². The van der Waals surface area contributed by atoms with Crippen molar-refractivity contribution < 1.29 is 33.9 Å². The number of aliphatic hydroxyl groups is 2. The highest BCUT2D eigenvalue weighted by atomic mass is 16.5. The number of rotatable bonds is 14. The van der Waals surface area contributed by atoms with Gasteiger partial charge in [0.2, 0.25) is 0 Å². The highest BCUT2D eigenvalue weighted by molar-refractivity contribution is 5.95. The van der Waals surface area contributed by atoms with Gasteiger partial charge < -0.3 is 33.9 Å². The predicted molar refractivity (Wildman–Crippen MR) is 157 cm³/mol. The first-order valence-corrected chi connectivity index (χ1v) is 13.4. The third-order valence-electron chi connectivity index (χ3n) is 6.13. The monoisotopic (exact) mass is 552 g/mol. The zero-order valence-corrected chi connectivity index (χ0v) is 22.5. The van der Waals surface area contributed by atoms with Crippen LogP contribution in [0.2, 0.25) is 0 Å². The van der Waals surface area contributed by atoms with Crippen LogP contribution in [-0.2, 0) is 0 Å². The molecule has 0 amide bonds. The highest BCUT2D eigenvalue weighted by Gasteiger charge is 2.17. The lowest BCUT2D eigenvalue weighted by molar-refractivity contribution is 0.0622. The first-order valence-electron chi connectivity index (χ1n) is 13.4. The third-order valence-corrected chi connectivity index (χ3v) is 6.13. The minimum Gasteiger partial charge on any atom is -0.491 e. The van der Waals surface area contributed by atoms with Crippen LogP contribution in [0.4, 0.5) is 0 Å². The molecular weight excluding hydrogens is 520 g/mol. The van der Waals surface area contributed by atoms with Crippen molar-refractivity contribution >= 4 is 10.8 Å². The smallest absolute Gasteiger partial charge is 0.169 e. The van der Waals surface area contributed by atoms with Crippen LogP contribution in [0, 0.1) is 0 Å². The first-order chi connectivity index (χ1) is 20.2. The largest absolute Gasteiger partial charge is 0.491 e. The van der Waals surface area contributed by atoms with Crippen molar-refractivity contribution in [2.45, 2.75) is 12.2 Å². The Kier molecular flexibility index (Phi) is 9.55. The molecule has 0 aromatic heterocycles. The summed E-state index contributed by atoms with van der Waals surface area (Å²) in [4.78, 5) is 0. The Balaban J connectivity index is 1.31. The van der Waals surface area contributed by atoms with E-state index in [4.69, 9.17) is 23.7 Å². The van der Waals surface area contributed by atoms with Crippen LogP contribution < -0.4 is 23.7 Å². The maximum absolute atomic E-state index is 10.6. The van der Waals surface area contributed by atoms with Crippen molar-refractivity contribution in [3.05, 3.63) is 121 Å². The molecule has 0 aliphatic heterocycles. The average Bonchev–Trinajstić information content (AvgIpc) is 3.02. The summed E-state index contributed by atoms with van der Waals surface area (Å²) >= 11 is 0. The van der Waals surface area contributed by atoms with Gasteiger partial charge in [-0.25, -0.2) is 0 Å². The van der Waals surface area contributed by atoms with Gasteiger partial charge in [-0.15, -0.1) is 0 Å². The van der Waals surface area contributed by atoms with Gasteiger partial charge in [-0.05, 0) is 54.6 Å². The zero-order valence-electron chi connectivity index (χ0n) is 22.5. The van der Waals surface area contributed by atoms with Crippen LogP contribution in [0.1, 0.15) is 0 Å². The number of para-hydroxylation sites is 3. The van der Waals surface area contributed by atoms with Crippen LogP contribution in [0.3, 0.4) is 0 Å². The van der Waals surface area contributed by atoms with Crippen LogP contribution >= 0.6 is 0 Å². The number of benzene rings is 5. The molecule has 7 nitrogen and oxygen atoms in total. The normalized spacial score (nSPS) is 12.3. The van der Waals surface area contributed by atoms with E-state index in [9.17, 15) is 10.2 Å². The molecule has 5 rings (SSSR count). The van der Waals surface area contributed by atoms with Gasteiger partial charge in [-0.1, -0.05) is 66.7 Å². The summed E-state index contributed by atoms with van der Waals surface area (Å²) in [5.74, 6) is 3.53. The maximum Gasteiger partial charge on any atom is 0.169 e. The molecule has 0 bridgehead atoms. The molecule has 2 atom stereocenters. The fraction of sp³-hybridized carbons (Fsp3) is 0.176. The van der Waals surface area contributed by atoms with Gasteiger partial charge in [0.25, 0.3) is 0 Å². The molecule has 210 valence electrons. The van der Waals surface area contributed by atoms with Crippen molar-refractivity contribution in [2.24, 2.45) is 0 Å². The van der Waals surface area contributed by atoms with E-state index in [-0.39, 0.29) is 26.4 Å². The van der Waals surface area contributed by atoms with Gasteiger partial charge in [-0.3, -0.25) is 0 Å². The van der Waals surface area contributed by atoms with Crippen LogP contribution in [-0.4, -0.2) is 48.8 Å². The van der Waals surface area contributed by atoms with E-state index in [2.05, 4.69) is 0 Å². The summed E-state index contributed by atoms with van der Waals surface area (Å²) < 4.78 is 29.6. The topological polar surface area (TPSA) is 86.6 Å². The molecule has 5 aromatic rings. The lowest BCUT2D eigenvalue weighted by atomic mass is 10.1. The Labute approximate surface area is 239 Å². The van der Waals surface area contributed by atoms with Crippen LogP contribution in [0.15, 0.2) is 121 Å². The Morgan fingerprint density at radius 1 is 0.415 bits per heavy atom. The number of hydrogen-bond donors (Lipinski definition) is 2. The lowest BCUT2D eigenvalue weighted by Gasteiger charge is -2.19. The van der Waals surface area contributed by atoms with Gasteiger partial charge in [0.05, 0.1) is 0 Å². The van der Waals surface area contributed by atoms with E-state index in [1.54, 1.807) is 6.07 Å². The van der Waals surface area contributed by atoms with E-state index in [0.717, 1.165) is 10.8 Å². The number of fused-ring (bicyclic) bond motifs is 1. The second-order valence-electron chi connectivity index (χ2n) is 9.34. The second-order valence-corrected chi connectivity index (χ2v) is 9.34. The minimum atomic E-state index is -0.880. The molecule has 0 radical (unpaired) electrons. The molecule has 2 N–H and O–H groups in total. The zero-order chi connectivity index (χ0) is 28.3. The molecule has 0 aliphatic rings. The lowest BCUT2D eigenvalue weighted by Crippen LogP contribution is -2.25. The van der Waals surface area contributed by atoms with E-state index < -0.39 is 12.2 Å². The van der Waals surface area contributed by atoms with Gasteiger partial charge in [0.15, 0.2) is 11.5 Å². The molecule has 7 heteroatoms. The average molecular weight is 553 g/mol. The summed E-state index contributed by atoms with van der Waals surface area (Å²) in [6.07, 6.45) is -1.71. The molecule has 0 saturated carbocycles. The molecule has 0 spiro atoms. The van der Waals surface area contributed by atoms with Gasteiger partial charge in [-0.2, -0.15) is 0 Å². The fourth-order valence-corrected chi connectivity index (χ4v) is 4.13. The third kappa shape index (κ3) is 7.91. The van der Waals surface area contributed by atoms with Crippen LogP contribution in [0.25, 0.3) is 10.8 Å². The predicted octanol–water partition coefficient (Wildman–Crippen LogP) is 6.27. The summed E-state index contributed by atoms with van der Waals surface area (Å²) in [7, 11) is 0. The van der Waals surface area contributed by atoms with Crippen molar-refractivity contribution in [2.75, 3.05) is 26.4 Å². The van der Waals surface area contributed by atoms with E-state index in [1.807, 2.05) is 115 Å². The summed E-state index contributed by atoms with van der Waals surface area (Å²) in [6.45, 7) is 0.194. The van der Waals surface area contributed by atoms with E-state index in [0.29, 0.717) is 34.5 Å². The molecule has 2 unspecified atom stereocenters. The molecule has 0 fully saturated rings. The Bertz CT molecular complexity index is 1490. The van der Waals surface area contributed by atoms with Crippen molar-refractivity contribution in [1.29, 1.82) is 0 Å². The van der Waals surface area contributed by atoms with Gasteiger partial charge >= 0.3 is 0 Å². The van der Waals surface area contributed by atoms with Gasteiger partial charge in [0.1, 0.15) is 61.6 Å². The van der Waals surface area contributed by atoms with Crippen molar-refractivity contribution in [3.63, 3.8) is 0 Å². The van der Waals surface area contributed by atoms with E-state index in [1.165, 1.54) is 0 Å². The molecule has 41 heavy (non-hydrogen) atoms. The fourth-order valence-electron chi connectivity index (χ4n) is 4.13. The SMILES string of the molecule is OC(COc1ccccc1)COc1cccc2c(OCC(O)COc3ccccc3)c(Oc3ccccc3)ccc12. The molecule has 0 heterocycles. The number of ether oxygens (including phenoxy) is 5. The Morgan fingerprint density at radius 3 is 1.51 bits per heavy atom. The Hall–Kier alpha value is -4.72. The maximum atomic E-state index is 10.6. The quantitative estimate of drug-likeness (QED) is 0.168. The molecule has 0 aliphatic carbocycles. The second kappa shape index (κ2) is 14.1. The number of hydrogen-bond acceptors (Lipinski definition) is 7. The minimum absolute atomic E-state index is 0.0162.